The molecule has 2 aliphatic heterocycles. The Morgan fingerprint density at radius 2 is 1.85 bits per heavy atom. The van der Waals surface area contributed by atoms with Gasteiger partial charge in [-0.2, -0.15) is 8.78 Å². The topological polar surface area (TPSA) is 110 Å². The minimum atomic E-state index is -3.67. The lowest BCUT2D eigenvalue weighted by Gasteiger charge is -2.35. The van der Waals surface area contributed by atoms with Crippen LogP contribution in [0.15, 0.2) is 42.5 Å². The van der Waals surface area contributed by atoms with Crippen LogP contribution >= 0.6 is 19.2 Å². The maximum absolute atomic E-state index is 14.6. The molecule has 0 N–H and O–H groups in total. The van der Waals surface area contributed by atoms with Crippen LogP contribution in [-0.2, 0) is 46.9 Å². The molecule has 9 nitrogen and oxygen atoms in total. The Labute approximate surface area is 228 Å². The third-order valence-electron chi connectivity index (χ3n) is 6.81. The molecule has 208 valence electrons. The molecule has 2 aromatic carbocycles. The number of Topliss-reactive ketones (excluding diaryl/α,β-unsaturated/α-hetero) is 1. The van der Waals surface area contributed by atoms with Gasteiger partial charge in [0.15, 0.2) is 0 Å². The fourth-order valence-corrected chi connectivity index (χ4v) is 5.06. The van der Waals surface area contributed by atoms with E-state index in [0.29, 0.717) is 16.7 Å². The minimum Gasteiger partial charge on any atom is -0.322 e. The molecule has 2 atom stereocenters. The number of hydrogen-bond acceptors (Lipinski definition) is 7. The number of carbonyl (C=O) groups is 4. The van der Waals surface area contributed by atoms with E-state index in [1.54, 1.807) is 18.2 Å². The number of carbonyl (C=O) groups excluding carboxylic acids is 4. The molecule has 0 radical (unpaired) electrons. The maximum Gasteiger partial charge on any atom is 0.330 e. The number of aryl methyl sites for hydroxylation is 1. The van der Waals surface area contributed by atoms with E-state index in [-0.39, 0.29) is 30.8 Å². The second kappa shape index (κ2) is 11.3. The van der Waals surface area contributed by atoms with Crippen LogP contribution in [-0.4, -0.2) is 59.9 Å². The average molecular weight is 583 g/mol. The van der Waals surface area contributed by atoms with E-state index in [4.69, 9.17) is 20.6 Å². The second-order valence-corrected chi connectivity index (χ2v) is 12.0. The molecule has 2 heterocycles. The number of benzene rings is 2. The van der Waals surface area contributed by atoms with E-state index in [1.807, 2.05) is 0 Å². The first-order valence-corrected chi connectivity index (χ1v) is 14.4. The summed E-state index contributed by atoms with van der Waals surface area (Å²) < 4.78 is 51.1. The molecule has 4 rings (SSSR count). The molecule has 39 heavy (non-hydrogen) atoms. The molecule has 2 aliphatic rings. The van der Waals surface area contributed by atoms with Gasteiger partial charge in [-0.05, 0) is 42.2 Å². The summed E-state index contributed by atoms with van der Waals surface area (Å²) in [6.45, 7) is 0.706. The smallest absolute Gasteiger partial charge is 0.322 e. The van der Waals surface area contributed by atoms with Gasteiger partial charge in [0.2, 0.25) is 11.7 Å². The lowest BCUT2D eigenvalue weighted by atomic mass is 9.97. The Morgan fingerprint density at radius 1 is 1.15 bits per heavy atom. The van der Waals surface area contributed by atoms with Crippen molar-refractivity contribution in [3.05, 3.63) is 69.7 Å². The molecule has 3 amide bonds. The molecule has 1 fully saturated rings. The van der Waals surface area contributed by atoms with Crippen LogP contribution in [0.25, 0.3) is 0 Å². The van der Waals surface area contributed by atoms with Crippen molar-refractivity contribution in [1.82, 2.24) is 9.80 Å². The third kappa shape index (κ3) is 6.11. The monoisotopic (exact) mass is 582 g/mol. The number of imide groups is 1. The minimum absolute atomic E-state index is 0.0178. The molecule has 0 saturated carbocycles. The summed E-state index contributed by atoms with van der Waals surface area (Å²) >= 11 is 5.74. The van der Waals surface area contributed by atoms with Gasteiger partial charge in [0.1, 0.15) is 12.8 Å². The van der Waals surface area contributed by atoms with Gasteiger partial charge in [-0.3, -0.25) is 33.2 Å². The zero-order valence-corrected chi connectivity index (χ0v) is 22.8. The number of likely N-dealkylation sites (tertiary alicyclic amines) is 1. The summed E-state index contributed by atoms with van der Waals surface area (Å²) in [7, 11) is -2.27. The van der Waals surface area contributed by atoms with Gasteiger partial charge in [-0.1, -0.05) is 35.9 Å². The number of piperidine rings is 1. The van der Waals surface area contributed by atoms with Crippen molar-refractivity contribution in [3.63, 3.8) is 0 Å². The number of fused-ring (bicyclic) bond motifs is 1. The van der Waals surface area contributed by atoms with Crippen LogP contribution < -0.4 is 0 Å². The fourth-order valence-electron chi connectivity index (χ4n) is 4.50. The largest absolute Gasteiger partial charge is 0.330 e. The summed E-state index contributed by atoms with van der Waals surface area (Å²) in [5.74, 6) is -6.49. The van der Waals surface area contributed by atoms with Gasteiger partial charge in [0.25, 0.3) is 11.8 Å². The number of alkyl halides is 2. The van der Waals surface area contributed by atoms with Crippen molar-refractivity contribution in [2.24, 2.45) is 0 Å². The number of hydrogen-bond donors (Lipinski definition) is 0. The van der Waals surface area contributed by atoms with E-state index < -0.39 is 61.8 Å². The number of ketones is 1. The van der Waals surface area contributed by atoms with Gasteiger partial charge in [-0.15, -0.1) is 0 Å². The van der Waals surface area contributed by atoms with Crippen molar-refractivity contribution in [1.29, 1.82) is 0 Å². The average Bonchev–Trinajstić information content (AvgIpc) is 3.22. The molecule has 0 aliphatic carbocycles. The highest BCUT2D eigenvalue weighted by atomic mass is 35.5. The second-order valence-electron chi connectivity index (χ2n) is 9.36. The van der Waals surface area contributed by atoms with E-state index in [2.05, 4.69) is 0 Å². The molecule has 0 bridgehead atoms. The highest BCUT2D eigenvalue weighted by Crippen LogP contribution is 2.43. The van der Waals surface area contributed by atoms with E-state index >= 15 is 0 Å². The summed E-state index contributed by atoms with van der Waals surface area (Å²) in [5, 5.41) is 0.282. The molecule has 2 unspecified atom stereocenters. The predicted molar refractivity (Wildman–Crippen MR) is 136 cm³/mol. The number of nitrogens with zero attached hydrogens (tertiary/aromatic N) is 2. The summed E-state index contributed by atoms with van der Waals surface area (Å²) in [6.07, 6.45) is -0.297. The Bertz CT molecular complexity index is 1370. The van der Waals surface area contributed by atoms with Crippen molar-refractivity contribution < 1.29 is 41.6 Å². The van der Waals surface area contributed by atoms with Crippen LogP contribution in [0.4, 0.5) is 8.78 Å². The number of halogens is 3. The van der Waals surface area contributed by atoms with Gasteiger partial charge in [0, 0.05) is 49.3 Å². The van der Waals surface area contributed by atoms with Crippen molar-refractivity contribution in [2.75, 3.05) is 20.5 Å². The Morgan fingerprint density at radius 3 is 2.51 bits per heavy atom. The SMILES string of the molecule is COP(C)(=O)OCN1C(=O)CCC(N2Cc3cc(CCC(=O)C(F)(F)c4ccc(Cl)cc4)ccc3C2=O)C1=O. The van der Waals surface area contributed by atoms with E-state index in [9.17, 15) is 32.5 Å². The van der Waals surface area contributed by atoms with Crippen LogP contribution in [0.5, 0.6) is 0 Å². The first kappa shape index (κ1) is 29.0. The first-order chi connectivity index (χ1) is 18.3. The quantitative estimate of drug-likeness (QED) is 0.298. The molecule has 1 saturated heterocycles. The lowest BCUT2D eigenvalue weighted by molar-refractivity contribution is -0.156. The van der Waals surface area contributed by atoms with Gasteiger partial charge >= 0.3 is 13.5 Å². The van der Waals surface area contributed by atoms with Crippen LogP contribution in [0.3, 0.4) is 0 Å². The number of rotatable bonds is 10. The summed E-state index contributed by atoms with van der Waals surface area (Å²) in [5.41, 5.74) is 1.08. The highest BCUT2D eigenvalue weighted by molar-refractivity contribution is 7.52. The van der Waals surface area contributed by atoms with Crippen LogP contribution in [0.2, 0.25) is 5.02 Å². The molecule has 0 spiro atoms. The van der Waals surface area contributed by atoms with Crippen molar-refractivity contribution in [2.45, 2.75) is 44.2 Å². The van der Waals surface area contributed by atoms with E-state index in [0.717, 1.165) is 17.0 Å². The van der Waals surface area contributed by atoms with Crippen LogP contribution in [0, 0.1) is 0 Å². The van der Waals surface area contributed by atoms with Crippen LogP contribution in [0.1, 0.15) is 46.3 Å². The molecule has 0 aromatic heterocycles. The zero-order chi connectivity index (χ0) is 28.5. The van der Waals surface area contributed by atoms with E-state index in [1.165, 1.54) is 30.8 Å². The predicted octanol–water partition coefficient (Wildman–Crippen LogP) is 4.55. The highest BCUT2D eigenvalue weighted by Gasteiger charge is 2.43. The molecule has 2 aromatic rings. The van der Waals surface area contributed by atoms with Gasteiger partial charge in [-0.25, -0.2) is 0 Å². The maximum atomic E-state index is 14.6. The van der Waals surface area contributed by atoms with Crippen molar-refractivity contribution >= 4 is 42.7 Å². The normalized spacial score (nSPS) is 19.3. The number of amides is 3. The lowest BCUT2D eigenvalue weighted by Crippen LogP contribution is -2.55. The van der Waals surface area contributed by atoms with Gasteiger partial charge < -0.3 is 9.42 Å². The fraction of sp³-hybridized carbons (Fsp3) is 0.385. The first-order valence-electron chi connectivity index (χ1n) is 12.1. The summed E-state index contributed by atoms with van der Waals surface area (Å²) in [4.78, 5) is 53.0. The zero-order valence-electron chi connectivity index (χ0n) is 21.2. The standard InChI is InChI=1S/C26H26ClF2N2O7P/c1-37-39(2,36)38-15-31-23(33)12-10-21(25(31)35)30-14-17-13-16(3-9-20(17)24(30)34)4-11-22(32)26(28,29)18-5-7-19(27)8-6-18/h3,5-9,13,21H,4,10-12,14-15H2,1-2H3. The third-order valence-corrected chi connectivity index (χ3v) is 8.31. The van der Waals surface area contributed by atoms with Gasteiger partial charge in [0.05, 0.1) is 0 Å². The van der Waals surface area contributed by atoms with Crippen molar-refractivity contribution in [3.8, 4) is 0 Å². The Balaban J connectivity index is 1.42. The molecular formula is C26H26ClF2N2O7P. The summed E-state index contributed by atoms with van der Waals surface area (Å²) in [6, 6.07) is 8.66. The Hall–Kier alpha value is -2.98. The molecule has 13 heteroatoms. The Kier molecular flexibility index (Phi) is 8.37. The molecular weight excluding hydrogens is 557 g/mol.